The van der Waals surface area contributed by atoms with E-state index < -0.39 is 0 Å². The average Bonchev–Trinajstić information content (AvgIpc) is 2.29. The first-order chi connectivity index (χ1) is 6.25. The fourth-order valence-electron chi connectivity index (χ4n) is 1.86. The van der Waals surface area contributed by atoms with E-state index in [-0.39, 0.29) is 6.10 Å². The van der Waals surface area contributed by atoms with E-state index in [9.17, 15) is 5.11 Å². The van der Waals surface area contributed by atoms with Crippen molar-refractivity contribution in [3.8, 4) is 0 Å². The van der Waals surface area contributed by atoms with Crippen LogP contribution in [-0.2, 0) is 12.8 Å². The van der Waals surface area contributed by atoms with Gasteiger partial charge >= 0.3 is 0 Å². The molecule has 13 heavy (non-hydrogen) atoms. The smallest absolute Gasteiger partial charge is 0.0546 e. The number of benzene rings is 1. The second-order valence-corrected chi connectivity index (χ2v) is 4.56. The molecule has 0 radical (unpaired) electrons. The number of aryl methyl sites for hydroxylation is 2. The van der Waals surface area contributed by atoms with Gasteiger partial charge in [0.05, 0.1) is 6.10 Å². The van der Waals surface area contributed by atoms with Crippen LogP contribution in [0.3, 0.4) is 0 Å². The van der Waals surface area contributed by atoms with E-state index in [1.54, 1.807) is 0 Å². The number of aliphatic hydroxyl groups is 1. The summed E-state index contributed by atoms with van der Waals surface area (Å²) in [7, 11) is 0. The summed E-state index contributed by atoms with van der Waals surface area (Å²) in [5.74, 6) is 0. The molecule has 2 heteroatoms. The third-order valence-electron chi connectivity index (χ3n) is 2.66. The second kappa shape index (κ2) is 3.81. The number of rotatable bonds is 0. The largest absolute Gasteiger partial charge is 0.393 e. The van der Waals surface area contributed by atoms with Crippen molar-refractivity contribution in [1.29, 1.82) is 0 Å². The van der Waals surface area contributed by atoms with Gasteiger partial charge in [-0.2, -0.15) is 0 Å². The van der Waals surface area contributed by atoms with Crippen molar-refractivity contribution in [1.82, 2.24) is 0 Å². The van der Waals surface area contributed by atoms with Crippen molar-refractivity contribution in [2.45, 2.75) is 31.8 Å². The summed E-state index contributed by atoms with van der Waals surface area (Å²) in [6.07, 6.45) is 3.74. The van der Waals surface area contributed by atoms with E-state index in [4.69, 9.17) is 0 Å². The molecular formula is C11H13BrO. The lowest BCUT2D eigenvalue weighted by Crippen LogP contribution is -2.05. The molecular weight excluding hydrogens is 228 g/mol. The Bertz CT molecular complexity index is 309. The van der Waals surface area contributed by atoms with Crippen LogP contribution in [0.25, 0.3) is 0 Å². The number of halogens is 1. The maximum absolute atomic E-state index is 9.52. The molecule has 0 heterocycles. The van der Waals surface area contributed by atoms with Crippen LogP contribution in [0.2, 0.25) is 0 Å². The van der Waals surface area contributed by atoms with Gasteiger partial charge in [0, 0.05) is 4.47 Å². The van der Waals surface area contributed by atoms with Crippen molar-refractivity contribution in [3.05, 3.63) is 33.8 Å². The first-order valence-corrected chi connectivity index (χ1v) is 5.50. The molecule has 0 aliphatic heterocycles. The lowest BCUT2D eigenvalue weighted by atomic mass is 10.0. The highest BCUT2D eigenvalue weighted by Crippen LogP contribution is 2.23. The van der Waals surface area contributed by atoms with Crippen LogP contribution < -0.4 is 0 Å². The number of hydrogen-bond acceptors (Lipinski definition) is 1. The Labute approximate surface area is 86.9 Å². The number of fused-ring (bicyclic) bond motifs is 1. The van der Waals surface area contributed by atoms with Gasteiger partial charge in [-0.25, -0.2) is 0 Å². The Morgan fingerprint density at radius 3 is 2.62 bits per heavy atom. The summed E-state index contributed by atoms with van der Waals surface area (Å²) in [6, 6.07) is 6.42. The standard InChI is InChI=1S/C11H13BrO/c12-10-4-1-8-2-5-11(13)6-3-9(8)7-10/h1,4,7,11,13H,2-3,5-6H2. The van der Waals surface area contributed by atoms with Crippen LogP contribution in [-0.4, -0.2) is 11.2 Å². The Balaban J connectivity index is 2.30. The minimum absolute atomic E-state index is 0.105. The molecule has 1 unspecified atom stereocenters. The van der Waals surface area contributed by atoms with Crippen LogP contribution >= 0.6 is 15.9 Å². The monoisotopic (exact) mass is 240 g/mol. The molecule has 0 bridgehead atoms. The summed E-state index contributed by atoms with van der Waals surface area (Å²) in [6.45, 7) is 0. The molecule has 70 valence electrons. The van der Waals surface area contributed by atoms with Crippen LogP contribution in [0.5, 0.6) is 0 Å². The van der Waals surface area contributed by atoms with Gasteiger partial charge in [0.2, 0.25) is 0 Å². The molecule has 0 amide bonds. The Kier molecular flexibility index (Phi) is 2.70. The zero-order valence-electron chi connectivity index (χ0n) is 7.46. The Hall–Kier alpha value is -0.340. The molecule has 0 saturated carbocycles. The molecule has 1 atom stereocenters. The summed E-state index contributed by atoms with van der Waals surface area (Å²) < 4.78 is 1.14. The molecule has 1 aliphatic rings. The van der Waals surface area contributed by atoms with Crippen molar-refractivity contribution in [3.63, 3.8) is 0 Å². The average molecular weight is 241 g/mol. The zero-order valence-corrected chi connectivity index (χ0v) is 9.05. The maximum Gasteiger partial charge on any atom is 0.0546 e. The molecule has 1 aliphatic carbocycles. The fourth-order valence-corrected chi connectivity index (χ4v) is 2.27. The first-order valence-electron chi connectivity index (χ1n) is 4.71. The summed E-state index contributed by atoms with van der Waals surface area (Å²) >= 11 is 3.47. The normalized spacial score (nSPS) is 22.2. The molecule has 1 N–H and O–H groups in total. The summed E-state index contributed by atoms with van der Waals surface area (Å²) in [4.78, 5) is 0. The Morgan fingerprint density at radius 1 is 1.15 bits per heavy atom. The van der Waals surface area contributed by atoms with E-state index in [1.165, 1.54) is 11.1 Å². The number of aliphatic hydroxyl groups excluding tert-OH is 1. The molecule has 0 spiro atoms. The fraction of sp³-hybridized carbons (Fsp3) is 0.455. The lowest BCUT2D eigenvalue weighted by molar-refractivity contribution is 0.158. The van der Waals surface area contributed by atoms with Gasteiger partial charge in [-0.1, -0.05) is 22.0 Å². The lowest BCUT2D eigenvalue weighted by Gasteiger charge is -2.04. The quantitative estimate of drug-likeness (QED) is 0.692. The van der Waals surface area contributed by atoms with Crippen LogP contribution in [0.4, 0.5) is 0 Å². The van der Waals surface area contributed by atoms with Crippen LogP contribution in [0.15, 0.2) is 22.7 Å². The molecule has 1 aromatic rings. The molecule has 1 aromatic carbocycles. The van der Waals surface area contributed by atoms with Crippen molar-refractivity contribution in [2.24, 2.45) is 0 Å². The van der Waals surface area contributed by atoms with Gasteiger partial charge in [0.1, 0.15) is 0 Å². The van der Waals surface area contributed by atoms with E-state index in [0.717, 1.165) is 30.2 Å². The van der Waals surface area contributed by atoms with Crippen molar-refractivity contribution < 1.29 is 5.11 Å². The van der Waals surface area contributed by atoms with Gasteiger partial charge < -0.3 is 5.11 Å². The molecule has 0 aromatic heterocycles. The molecule has 0 saturated heterocycles. The predicted octanol–water partition coefficient (Wildman–Crippen LogP) is 2.69. The summed E-state index contributed by atoms with van der Waals surface area (Å²) in [5, 5.41) is 9.52. The van der Waals surface area contributed by atoms with Crippen molar-refractivity contribution >= 4 is 15.9 Å². The van der Waals surface area contributed by atoms with Crippen LogP contribution in [0, 0.1) is 0 Å². The zero-order chi connectivity index (χ0) is 9.26. The third-order valence-corrected chi connectivity index (χ3v) is 3.16. The number of hydrogen-bond donors (Lipinski definition) is 1. The third kappa shape index (κ3) is 2.12. The topological polar surface area (TPSA) is 20.2 Å². The van der Waals surface area contributed by atoms with Crippen molar-refractivity contribution in [2.75, 3.05) is 0 Å². The van der Waals surface area contributed by atoms with Gasteiger partial charge in [0.25, 0.3) is 0 Å². The van der Waals surface area contributed by atoms with Gasteiger partial charge in [-0.05, 0) is 48.9 Å². The van der Waals surface area contributed by atoms with Crippen LogP contribution in [0.1, 0.15) is 24.0 Å². The minimum Gasteiger partial charge on any atom is -0.393 e. The predicted molar refractivity (Wildman–Crippen MR) is 56.8 cm³/mol. The highest BCUT2D eigenvalue weighted by atomic mass is 79.9. The van der Waals surface area contributed by atoms with E-state index in [1.807, 2.05) is 0 Å². The van der Waals surface area contributed by atoms with Gasteiger partial charge in [-0.15, -0.1) is 0 Å². The molecule has 1 nitrogen and oxygen atoms in total. The SMILES string of the molecule is OC1CCc2ccc(Br)cc2CC1. The summed E-state index contributed by atoms with van der Waals surface area (Å²) in [5.41, 5.74) is 2.80. The molecule has 2 rings (SSSR count). The van der Waals surface area contributed by atoms with Gasteiger partial charge in [0.15, 0.2) is 0 Å². The van der Waals surface area contributed by atoms with E-state index in [0.29, 0.717) is 0 Å². The van der Waals surface area contributed by atoms with E-state index in [2.05, 4.69) is 34.1 Å². The Morgan fingerprint density at radius 2 is 1.85 bits per heavy atom. The van der Waals surface area contributed by atoms with Gasteiger partial charge in [-0.3, -0.25) is 0 Å². The molecule has 0 fully saturated rings. The minimum atomic E-state index is -0.105. The second-order valence-electron chi connectivity index (χ2n) is 3.64. The van der Waals surface area contributed by atoms with E-state index >= 15 is 0 Å². The highest BCUT2D eigenvalue weighted by molar-refractivity contribution is 9.10. The first kappa shape index (κ1) is 9.22. The highest BCUT2D eigenvalue weighted by Gasteiger charge is 2.13. The maximum atomic E-state index is 9.52.